The number of nitrogens with one attached hydrogen (secondary N) is 1. The van der Waals surface area contributed by atoms with Gasteiger partial charge in [0.2, 0.25) is 0 Å². The summed E-state index contributed by atoms with van der Waals surface area (Å²) in [6.07, 6.45) is -4.77. The van der Waals surface area contributed by atoms with Crippen molar-refractivity contribution in [2.24, 2.45) is 0 Å². The predicted molar refractivity (Wildman–Crippen MR) is 68.1 cm³/mol. The minimum absolute atomic E-state index is 0.0679. The van der Waals surface area contributed by atoms with Crippen LogP contribution in [0.5, 0.6) is 0 Å². The molecule has 2 nitrogen and oxygen atoms in total. The third kappa shape index (κ3) is 3.60. The quantitative estimate of drug-likeness (QED) is 0.838. The smallest absolute Gasteiger partial charge is 0.361 e. The normalized spacial score (nSPS) is 12.0. The Morgan fingerprint density at radius 2 is 2.11 bits per heavy atom. The van der Waals surface area contributed by atoms with Crippen molar-refractivity contribution in [3.8, 4) is 0 Å². The molecule has 1 aromatic carbocycles. The fraction of sp³-hybridized carbons (Fsp3) is 0.417. The van der Waals surface area contributed by atoms with Gasteiger partial charge in [0.15, 0.2) is 5.13 Å². The van der Waals surface area contributed by atoms with Crippen molar-refractivity contribution in [2.75, 3.05) is 11.9 Å². The van der Waals surface area contributed by atoms with E-state index in [2.05, 4.69) is 10.3 Å². The molecule has 0 amide bonds. The number of aromatic nitrogens is 1. The molecule has 0 unspecified atom stereocenters. The van der Waals surface area contributed by atoms with E-state index in [0.717, 1.165) is 15.8 Å². The van der Waals surface area contributed by atoms with Gasteiger partial charge >= 0.3 is 6.18 Å². The average molecular weight is 274 g/mol. The molecule has 2 rings (SSSR count). The number of nitrogens with zero attached hydrogens (tertiary/aromatic N) is 1. The maximum atomic E-state index is 12.0. The molecule has 1 aromatic heterocycles. The van der Waals surface area contributed by atoms with E-state index in [1.807, 2.05) is 25.1 Å². The van der Waals surface area contributed by atoms with Crippen molar-refractivity contribution in [1.82, 2.24) is 4.98 Å². The highest BCUT2D eigenvalue weighted by atomic mass is 32.1. The summed E-state index contributed by atoms with van der Waals surface area (Å²) in [5.74, 6) is 0. The molecule has 0 saturated carbocycles. The average Bonchev–Trinajstić information content (AvgIpc) is 2.65. The maximum absolute atomic E-state index is 12.0. The summed E-state index contributed by atoms with van der Waals surface area (Å²) in [5, 5.41) is 3.61. The lowest BCUT2D eigenvalue weighted by atomic mass is 10.2. The number of rotatable bonds is 4. The van der Waals surface area contributed by atoms with Gasteiger partial charge in [-0.1, -0.05) is 17.4 Å². The number of halogens is 3. The van der Waals surface area contributed by atoms with Crippen LogP contribution in [0.15, 0.2) is 18.2 Å². The summed E-state index contributed by atoms with van der Waals surface area (Å²) in [7, 11) is 0. The number of anilines is 1. The van der Waals surface area contributed by atoms with E-state index in [-0.39, 0.29) is 13.0 Å². The molecule has 0 radical (unpaired) electrons. The molecule has 1 heterocycles. The fourth-order valence-corrected chi connectivity index (χ4v) is 2.58. The van der Waals surface area contributed by atoms with Crippen LogP contribution >= 0.6 is 11.3 Å². The Balaban J connectivity index is 1.92. The van der Waals surface area contributed by atoms with Crippen molar-refractivity contribution in [1.29, 1.82) is 0 Å². The fourth-order valence-electron chi connectivity index (χ4n) is 1.59. The molecular weight excluding hydrogens is 261 g/mol. The lowest BCUT2D eigenvalue weighted by Gasteiger charge is -2.05. The SMILES string of the molecule is Cc1ccc2nc(NCCCC(F)(F)F)sc2c1. The van der Waals surface area contributed by atoms with Crippen LogP contribution in [-0.4, -0.2) is 17.7 Å². The minimum atomic E-state index is -4.08. The molecule has 0 atom stereocenters. The summed E-state index contributed by atoms with van der Waals surface area (Å²) >= 11 is 1.47. The zero-order valence-corrected chi connectivity index (χ0v) is 10.7. The van der Waals surface area contributed by atoms with Gasteiger partial charge in [-0.2, -0.15) is 13.2 Å². The number of benzene rings is 1. The summed E-state index contributed by atoms with van der Waals surface area (Å²) in [5.41, 5.74) is 2.03. The number of alkyl halides is 3. The van der Waals surface area contributed by atoms with Crippen LogP contribution in [0.2, 0.25) is 0 Å². The molecule has 0 spiro atoms. The van der Waals surface area contributed by atoms with Crippen LogP contribution in [0.25, 0.3) is 10.2 Å². The third-order valence-corrected chi connectivity index (χ3v) is 3.43. The van der Waals surface area contributed by atoms with E-state index in [1.54, 1.807) is 0 Å². The highest BCUT2D eigenvalue weighted by Crippen LogP contribution is 2.27. The first-order chi connectivity index (χ1) is 8.44. The van der Waals surface area contributed by atoms with Crippen LogP contribution in [0.4, 0.5) is 18.3 Å². The van der Waals surface area contributed by atoms with Crippen LogP contribution in [0.3, 0.4) is 0 Å². The van der Waals surface area contributed by atoms with E-state index in [4.69, 9.17) is 0 Å². The monoisotopic (exact) mass is 274 g/mol. The van der Waals surface area contributed by atoms with E-state index in [9.17, 15) is 13.2 Å². The molecule has 0 aliphatic carbocycles. The van der Waals surface area contributed by atoms with Gasteiger partial charge in [-0.25, -0.2) is 4.98 Å². The van der Waals surface area contributed by atoms with Crippen LogP contribution in [0, 0.1) is 6.92 Å². The first-order valence-corrected chi connectivity index (χ1v) is 6.43. The maximum Gasteiger partial charge on any atom is 0.389 e. The Kier molecular flexibility index (Phi) is 3.75. The number of thiazole rings is 1. The molecule has 18 heavy (non-hydrogen) atoms. The Bertz CT molecular complexity index is 534. The molecule has 0 saturated heterocycles. The lowest BCUT2D eigenvalue weighted by molar-refractivity contribution is -0.134. The van der Waals surface area contributed by atoms with Gasteiger partial charge in [0.05, 0.1) is 10.2 Å². The summed E-state index contributed by atoms with van der Waals surface area (Å²) in [6.45, 7) is 2.29. The Morgan fingerprint density at radius 3 is 2.83 bits per heavy atom. The van der Waals surface area contributed by atoms with Gasteiger partial charge in [-0.05, 0) is 31.0 Å². The predicted octanol–water partition coefficient (Wildman–Crippen LogP) is 4.36. The summed E-state index contributed by atoms with van der Waals surface area (Å²) in [4.78, 5) is 4.31. The van der Waals surface area contributed by atoms with Crippen LogP contribution < -0.4 is 5.32 Å². The molecule has 0 aliphatic heterocycles. The standard InChI is InChI=1S/C12H13F3N2S/c1-8-3-4-9-10(7-8)18-11(17-9)16-6-2-5-12(13,14)15/h3-4,7H,2,5-6H2,1H3,(H,16,17). The summed E-state index contributed by atoms with van der Waals surface area (Å²) < 4.78 is 36.9. The Hall–Kier alpha value is -1.30. The van der Waals surface area contributed by atoms with Crippen molar-refractivity contribution >= 4 is 26.7 Å². The summed E-state index contributed by atoms with van der Waals surface area (Å²) in [6, 6.07) is 5.91. The first-order valence-electron chi connectivity index (χ1n) is 5.62. The van der Waals surface area contributed by atoms with Gasteiger partial charge in [0.25, 0.3) is 0 Å². The largest absolute Gasteiger partial charge is 0.389 e. The first kappa shape index (κ1) is 13.1. The lowest BCUT2D eigenvalue weighted by Crippen LogP contribution is -2.10. The van der Waals surface area contributed by atoms with E-state index in [1.165, 1.54) is 11.3 Å². The zero-order chi connectivity index (χ0) is 13.2. The number of fused-ring (bicyclic) bond motifs is 1. The highest BCUT2D eigenvalue weighted by molar-refractivity contribution is 7.22. The second kappa shape index (κ2) is 5.14. The van der Waals surface area contributed by atoms with Crippen molar-refractivity contribution < 1.29 is 13.2 Å². The topological polar surface area (TPSA) is 24.9 Å². The minimum Gasteiger partial charge on any atom is -0.361 e. The van der Waals surface area contributed by atoms with E-state index >= 15 is 0 Å². The number of hydrogen-bond acceptors (Lipinski definition) is 3. The van der Waals surface area contributed by atoms with Gasteiger partial charge in [-0.15, -0.1) is 0 Å². The van der Waals surface area contributed by atoms with Crippen molar-refractivity contribution in [2.45, 2.75) is 25.9 Å². The van der Waals surface area contributed by atoms with Gasteiger partial charge in [0, 0.05) is 13.0 Å². The molecule has 1 N–H and O–H groups in total. The van der Waals surface area contributed by atoms with E-state index in [0.29, 0.717) is 5.13 Å². The highest BCUT2D eigenvalue weighted by Gasteiger charge is 2.25. The zero-order valence-electron chi connectivity index (χ0n) is 9.84. The molecule has 0 aliphatic rings. The second-order valence-corrected chi connectivity index (χ2v) is 5.17. The van der Waals surface area contributed by atoms with Crippen molar-refractivity contribution in [3.63, 3.8) is 0 Å². The molecule has 2 aromatic rings. The Morgan fingerprint density at radius 1 is 1.33 bits per heavy atom. The molecular formula is C12H13F3N2S. The van der Waals surface area contributed by atoms with E-state index < -0.39 is 12.6 Å². The molecule has 0 bridgehead atoms. The Labute approximate surface area is 107 Å². The number of hydrogen-bond donors (Lipinski definition) is 1. The number of aryl methyl sites for hydroxylation is 1. The second-order valence-electron chi connectivity index (χ2n) is 4.14. The van der Waals surface area contributed by atoms with Gasteiger partial charge in [0.1, 0.15) is 0 Å². The van der Waals surface area contributed by atoms with Crippen LogP contribution in [0.1, 0.15) is 18.4 Å². The van der Waals surface area contributed by atoms with Gasteiger partial charge in [-0.3, -0.25) is 0 Å². The van der Waals surface area contributed by atoms with Crippen molar-refractivity contribution in [3.05, 3.63) is 23.8 Å². The molecule has 98 valence electrons. The third-order valence-electron chi connectivity index (χ3n) is 2.46. The van der Waals surface area contributed by atoms with Crippen LogP contribution in [-0.2, 0) is 0 Å². The molecule has 6 heteroatoms. The molecule has 0 fully saturated rings. The van der Waals surface area contributed by atoms with Gasteiger partial charge < -0.3 is 5.32 Å².